The lowest BCUT2D eigenvalue weighted by atomic mass is 10.0. The second-order valence-corrected chi connectivity index (χ2v) is 9.67. The largest absolute Gasteiger partial charge is 0.491 e. The van der Waals surface area contributed by atoms with Crippen LogP contribution in [0.3, 0.4) is 0 Å². The van der Waals surface area contributed by atoms with Crippen molar-refractivity contribution in [2.45, 2.75) is 24.6 Å². The van der Waals surface area contributed by atoms with E-state index in [9.17, 15) is 22.8 Å². The van der Waals surface area contributed by atoms with Gasteiger partial charge >= 0.3 is 12.1 Å². The number of amides is 1. The zero-order valence-electron chi connectivity index (χ0n) is 20.1. The number of carbonyl (C=O) groups excluding carboxylic acids is 2. The molecule has 0 spiro atoms. The summed E-state index contributed by atoms with van der Waals surface area (Å²) in [6.07, 6.45) is -5.27. The number of fused-ring (bicyclic) bond motifs is 1. The molecule has 208 valence electrons. The molecule has 4 aromatic rings. The monoisotopic (exact) mass is 625 g/mol. The Labute approximate surface area is 230 Å². The van der Waals surface area contributed by atoms with Crippen molar-refractivity contribution in [1.82, 2.24) is 24.9 Å². The van der Waals surface area contributed by atoms with E-state index < -0.39 is 54.7 Å². The van der Waals surface area contributed by atoms with Gasteiger partial charge in [-0.15, -0.1) is 5.10 Å². The maximum absolute atomic E-state index is 15.0. The number of carbonyl (C=O) groups is 2. The highest BCUT2D eigenvalue weighted by atomic mass is 79.9. The molecule has 0 bridgehead atoms. The number of para-hydroxylation sites is 1. The molecule has 0 radical (unpaired) electrons. The van der Waals surface area contributed by atoms with Crippen LogP contribution in [0, 0.1) is 0 Å². The van der Waals surface area contributed by atoms with E-state index in [2.05, 4.69) is 36.0 Å². The summed E-state index contributed by atoms with van der Waals surface area (Å²) in [7, 11) is 0. The average molecular weight is 626 g/mol. The zero-order valence-corrected chi connectivity index (χ0v) is 21.7. The quantitative estimate of drug-likeness (QED) is 0.228. The number of aromatic nitrogens is 4. The van der Waals surface area contributed by atoms with Crippen molar-refractivity contribution >= 4 is 38.7 Å². The number of halogens is 6. The number of hydrogen-bond donors (Lipinski definition) is 0. The first-order valence-corrected chi connectivity index (χ1v) is 12.4. The van der Waals surface area contributed by atoms with E-state index in [1.165, 1.54) is 35.3 Å². The van der Waals surface area contributed by atoms with Crippen LogP contribution in [-0.4, -0.2) is 68.0 Å². The predicted molar refractivity (Wildman–Crippen MR) is 132 cm³/mol. The molecule has 1 aliphatic heterocycles. The average Bonchev–Trinajstić information content (AvgIpc) is 3.44. The molecule has 0 aliphatic carbocycles. The SMILES string of the molecule is O=C(c1cc(Br)ccc1-n1ccnn1)N1CCC(F)(F)[C@@H](Oc2nc3ccccc3cc2OC(=O)C(F)(F)F)C1. The van der Waals surface area contributed by atoms with E-state index in [1.807, 2.05) is 0 Å². The van der Waals surface area contributed by atoms with Gasteiger partial charge in [0, 0.05) is 22.8 Å². The van der Waals surface area contributed by atoms with Crippen molar-refractivity contribution in [2.24, 2.45) is 0 Å². The van der Waals surface area contributed by atoms with Crippen molar-refractivity contribution in [3.05, 3.63) is 71.0 Å². The number of nitrogens with zero attached hydrogens (tertiary/aromatic N) is 5. The molecule has 2 aromatic carbocycles. The molecule has 9 nitrogen and oxygen atoms in total. The Morgan fingerprint density at radius 2 is 1.88 bits per heavy atom. The molecule has 2 aromatic heterocycles. The Hall–Kier alpha value is -4.14. The zero-order chi connectivity index (χ0) is 28.7. The fourth-order valence-electron chi connectivity index (χ4n) is 4.09. The van der Waals surface area contributed by atoms with Crippen molar-refractivity contribution in [3.63, 3.8) is 0 Å². The first-order chi connectivity index (χ1) is 18.9. The second kappa shape index (κ2) is 10.4. The van der Waals surface area contributed by atoms with Crippen molar-refractivity contribution < 1.29 is 41.0 Å². The number of hydrogen-bond acceptors (Lipinski definition) is 7. The minimum absolute atomic E-state index is 0.132. The lowest BCUT2D eigenvalue weighted by Gasteiger charge is -2.38. The van der Waals surface area contributed by atoms with Gasteiger partial charge in [0.1, 0.15) is 0 Å². The minimum atomic E-state index is -5.35. The third-order valence-corrected chi connectivity index (χ3v) is 6.56. The molecule has 0 saturated carbocycles. The normalized spacial score (nSPS) is 17.1. The fourth-order valence-corrected chi connectivity index (χ4v) is 4.45. The van der Waals surface area contributed by atoms with Gasteiger partial charge in [-0.2, -0.15) is 13.2 Å². The van der Waals surface area contributed by atoms with E-state index >= 15 is 8.78 Å². The summed E-state index contributed by atoms with van der Waals surface area (Å²) >= 11 is 3.30. The summed E-state index contributed by atoms with van der Waals surface area (Å²) in [6.45, 7) is -0.980. The van der Waals surface area contributed by atoms with E-state index in [-0.39, 0.29) is 23.0 Å². The lowest BCUT2D eigenvalue weighted by Crippen LogP contribution is -2.55. The van der Waals surface area contributed by atoms with Gasteiger partial charge in [-0.1, -0.05) is 39.3 Å². The summed E-state index contributed by atoms with van der Waals surface area (Å²) in [5.41, 5.74) is 0.675. The van der Waals surface area contributed by atoms with Gasteiger partial charge in [0.15, 0.2) is 11.9 Å². The summed E-state index contributed by atoms with van der Waals surface area (Å²) in [5.74, 6) is -8.23. The van der Waals surface area contributed by atoms with Gasteiger partial charge in [0.05, 0.1) is 35.7 Å². The van der Waals surface area contributed by atoms with Gasteiger partial charge in [0.2, 0.25) is 0 Å². The number of alkyl halides is 5. The molecule has 40 heavy (non-hydrogen) atoms. The molecule has 1 aliphatic rings. The van der Waals surface area contributed by atoms with Crippen molar-refractivity contribution in [2.75, 3.05) is 13.1 Å². The third kappa shape index (κ3) is 5.59. The molecule has 1 amide bonds. The maximum atomic E-state index is 15.0. The van der Waals surface area contributed by atoms with Crippen LogP contribution in [-0.2, 0) is 4.79 Å². The molecule has 5 rings (SSSR count). The lowest BCUT2D eigenvalue weighted by molar-refractivity contribution is -0.190. The van der Waals surface area contributed by atoms with E-state index in [0.717, 1.165) is 11.0 Å². The molecule has 1 atom stereocenters. The van der Waals surface area contributed by atoms with Crippen molar-refractivity contribution in [1.29, 1.82) is 0 Å². The molecule has 1 fully saturated rings. The van der Waals surface area contributed by atoms with Gasteiger partial charge < -0.3 is 14.4 Å². The van der Waals surface area contributed by atoms with Crippen molar-refractivity contribution in [3.8, 4) is 17.3 Å². The highest BCUT2D eigenvalue weighted by Gasteiger charge is 2.48. The summed E-state index contributed by atoms with van der Waals surface area (Å²) in [5, 5.41) is 7.88. The van der Waals surface area contributed by atoms with Crippen LogP contribution in [0.2, 0.25) is 0 Å². The number of likely N-dealkylation sites (tertiary alicyclic amines) is 1. The van der Waals surface area contributed by atoms with Crippen LogP contribution in [0.4, 0.5) is 22.0 Å². The highest BCUT2D eigenvalue weighted by Crippen LogP contribution is 2.37. The van der Waals surface area contributed by atoms with Crippen LogP contribution in [0.5, 0.6) is 11.6 Å². The molecule has 0 unspecified atom stereocenters. The number of piperidine rings is 1. The number of benzene rings is 2. The maximum Gasteiger partial charge on any atom is 0.491 e. The first kappa shape index (κ1) is 27.4. The summed E-state index contributed by atoms with van der Waals surface area (Å²) in [4.78, 5) is 30.2. The number of pyridine rings is 1. The van der Waals surface area contributed by atoms with E-state index in [4.69, 9.17) is 4.74 Å². The molecule has 0 N–H and O–H groups in total. The second-order valence-electron chi connectivity index (χ2n) is 8.75. The molecule has 1 saturated heterocycles. The molecule has 3 heterocycles. The van der Waals surface area contributed by atoms with Crippen LogP contribution >= 0.6 is 15.9 Å². The minimum Gasteiger partial charge on any atom is -0.463 e. The standard InChI is InChI=1S/C25H17BrF5N5O4/c26-15-5-6-18(36-10-8-32-34-36)16(12-15)22(37)35-9-7-24(27,28)20(13-35)40-21-19(39-23(38)25(29,30)31)11-14-3-1-2-4-17(14)33-21/h1-6,8,10-12,20H,7,9,13H2/t20-/m0/s1. The smallest absolute Gasteiger partial charge is 0.463 e. The molecular weight excluding hydrogens is 609 g/mol. The van der Waals surface area contributed by atoms with Gasteiger partial charge in [-0.25, -0.2) is 23.2 Å². The highest BCUT2D eigenvalue weighted by molar-refractivity contribution is 9.10. The molecule has 15 heteroatoms. The number of esters is 1. The first-order valence-electron chi connectivity index (χ1n) is 11.6. The summed E-state index contributed by atoms with van der Waals surface area (Å²) < 4.78 is 80.6. The third-order valence-electron chi connectivity index (χ3n) is 6.06. The number of ether oxygens (including phenoxy) is 2. The Kier molecular flexibility index (Phi) is 7.16. The Morgan fingerprint density at radius 3 is 2.60 bits per heavy atom. The predicted octanol–water partition coefficient (Wildman–Crippen LogP) is 4.97. The summed E-state index contributed by atoms with van der Waals surface area (Å²) in [6, 6.07) is 11.9. The van der Waals surface area contributed by atoms with Crippen LogP contribution in [0.1, 0.15) is 16.8 Å². The van der Waals surface area contributed by atoms with Gasteiger partial charge in [-0.3, -0.25) is 4.79 Å². The Bertz CT molecular complexity index is 1580. The Balaban J connectivity index is 1.47. The van der Waals surface area contributed by atoms with Gasteiger partial charge in [0.25, 0.3) is 17.7 Å². The fraction of sp³-hybridized carbons (Fsp3) is 0.240. The van der Waals surface area contributed by atoms with E-state index in [1.54, 1.807) is 24.3 Å². The molecular formula is C25H17BrF5N5O4. The van der Waals surface area contributed by atoms with Crippen LogP contribution in [0.15, 0.2) is 65.4 Å². The van der Waals surface area contributed by atoms with Gasteiger partial charge in [-0.05, 0) is 30.3 Å². The van der Waals surface area contributed by atoms with Crippen LogP contribution in [0.25, 0.3) is 16.6 Å². The van der Waals surface area contributed by atoms with Crippen LogP contribution < -0.4 is 9.47 Å². The number of rotatable bonds is 5. The van der Waals surface area contributed by atoms with E-state index in [0.29, 0.717) is 10.2 Å². The Morgan fingerprint density at radius 1 is 1.10 bits per heavy atom. The topological polar surface area (TPSA) is 99.4 Å².